The molecule has 0 radical (unpaired) electrons. The molecule has 0 spiro atoms. The van der Waals surface area contributed by atoms with Crippen LogP contribution in [0.3, 0.4) is 0 Å². The van der Waals surface area contributed by atoms with Crippen LogP contribution in [0.4, 0.5) is 10.5 Å². The van der Waals surface area contributed by atoms with Crippen LogP contribution in [0.15, 0.2) is 77.7 Å². The summed E-state index contributed by atoms with van der Waals surface area (Å²) in [6.45, 7) is 9.83. The Balaban J connectivity index is 1.26. The lowest BCUT2D eigenvalue weighted by Crippen LogP contribution is -2.34. The number of anilines is 1. The van der Waals surface area contributed by atoms with Gasteiger partial charge in [-0.25, -0.2) is 9.00 Å². The van der Waals surface area contributed by atoms with Gasteiger partial charge in [0, 0.05) is 12.7 Å². The molecule has 0 aliphatic heterocycles. The van der Waals surface area contributed by atoms with Crippen LogP contribution in [0.2, 0.25) is 0 Å². The van der Waals surface area contributed by atoms with E-state index in [1.807, 2.05) is 101 Å². The maximum absolute atomic E-state index is 12.3. The third kappa shape index (κ3) is 12.2. The molecule has 42 heavy (non-hydrogen) atoms. The summed E-state index contributed by atoms with van der Waals surface area (Å²) in [6, 6.07) is 22.9. The second-order valence-electron chi connectivity index (χ2n) is 10.5. The number of amides is 1. The maximum atomic E-state index is 12.3. The molecule has 0 aliphatic rings. The first-order valence-electron chi connectivity index (χ1n) is 13.9. The molecule has 3 aromatic carbocycles. The van der Waals surface area contributed by atoms with Gasteiger partial charge in [0.2, 0.25) is 0 Å². The van der Waals surface area contributed by atoms with E-state index in [4.69, 9.17) is 23.1 Å². The molecule has 0 heterocycles. The monoisotopic (exact) mass is 595 g/mol. The van der Waals surface area contributed by atoms with Crippen LogP contribution in [-0.4, -0.2) is 62.6 Å². The van der Waals surface area contributed by atoms with Gasteiger partial charge < -0.3 is 18.9 Å². The van der Waals surface area contributed by atoms with Crippen LogP contribution < -0.4 is 9.64 Å². The molecule has 0 N–H and O–H groups in total. The first kappa shape index (κ1) is 33.0. The van der Waals surface area contributed by atoms with E-state index in [9.17, 15) is 9.00 Å². The van der Waals surface area contributed by atoms with Crippen LogP contribution in [0, 0.1) is 6.92 Å². The quantitative estimate of drug-likeness (QED) is 0.143. The Bertz CT molecular complexity index is 1280. The van der Waals surface area contributed by atoms with Crippen LogP contribution in [0.1, 0.15) is 37.5 Å². The highest BCUT2D eigenvalue weighted by Crippen LogP contribution is 2.19. The van der Waals surface area contributed by atoms with Gasteiger partial charge >= 0.3 is 6.09 Å². The molecule has 0 saturated heterocycles. The first-order chi connectivity index (χ1) is 20.1. The Morgan fingerprint density at radius 3 is 1.86 bits per heavy atom. The fourth-order valence-electron chi connectivity index (χ4n) is 3.54. The molecule has 0 aromatic heterocycles. The van der Waals surface area contributed by atoms with Gasteiger partial charge in [0.15, 0.2) is 11.1 Å². The van der Waals surface area contributed by atoms with Crippen molar-refractivity contribution < 1.29 is 32.1 Å². The van der Waals surface area contributed by atoms with E-state index >= 15 is 0 Å². The second-order valence-corrected chi connectivity index (χ2v) is 11.7. The number of hydrogen-bond donors (Lipinski definition) is 0. The summed E-state index contributed by atoms with van der Waals surface area (Å²) in [7, 11) is 1.70. The Kier molecular flexibility index (Phi) is 13.2. The van der Waals surface area contributed by atoms with Crippen molar-refractivity contribution in [3.63, 3.8) is 0 Å². The molecular formula is C33H41NO7S. The summed E-state index contributed by atoms with van der Waals surface area (Å²) in [5.41, 5.74) is 3.39. The molecule has 8 nitrogen and oxygen atoms in total. The number of carbonyl (C=O) groups is 1. The van der Waals surface area contributed by atoms with E-state index in [0.29, 0.717) is 37.9 Å². The summed E-state index contributed by atoms with van der Waals surface area (Å²) in [4.78, 5) is 14.4. The van der Waals surface area contributed by atoms with Crippen molar-refractivity contribution in [2.75, 3.05) is 51.6 Å². The SMILES string of the molecule is Cc1ccc(S(=O)OCCOCCOCCOc2ccc(/C=C/c3ccc(N(C)C(=O)OC(C)(C)C)cc3)cc2)cc1. The van der Waals surface area contributed by atoms with E-state index < -0.39 is 16.7 Å². The lowest BCUT2D eigenvalue weighted by Gasteiger charge is -2.24. The predicted molar refractivity (Wildman–Crippen MR) is 167 cm³/mol. The predicted octanol–water partition coefficient (Wildman–Crippen LogP) is 6.69. The summed E-state index contributed by atoms with van der Waals surface area (Å²) in [6.07, 6.45) is 3.64. The number of aryl methyl sites for hydroxylation is 1. The van der Waals surface area contributed by atoms with Gasteiger partial charge in [-0.3, -0.25) is 9.08 Å². The Hall–Kier alpha value is -3.50. The Labute approximate surface area is 251 Å². The summed E-state index contributed by atoms with van der Waals surface area (Å²) >= 11 is -1.49. The average Bonchev–Trinajstić information content (AvgIpc) is 2.97. The van der Waals surface area contributed by atoms with Crippen molar-refractivity contribution in [3.8, 4) is 5.75 Å². The number of carbonyl (C=O) groups excluding carboxylic acids is 1. The molecule has 226 valence electrons. The van der Waals surface area contributed by atoms with Crippen molar-refractivity contribution in [3.05, 3.63) is 89.5 Å². The van der Waals surface area contributed by atoms with Crippen LogP contribution in [-0.2, 0) is 29.5 Å². The highest BCUT2D eigenvalue weighted by molar-refractivity contribution is 7.80. The van der Waals surface area contributed by atoms with Gasteiger partial charge in [-0.15, -0.1) is 0 Å². The molecule has 3 aromatic rings. The summed E-state index contributed by atoms with van der Waals surface area (Å²) in [5.74, 6) is 0.764. The number of nitrogens with zero attached hydrogens (tertiary/aromatic N) is 1. The van der Waals surface area contributed by atoms with Gasteiger partial charge in [0.25, 0.3) is 0 Å². The van der Waals surface area contributed by atoms with Crippen molar-refractivity contribution in [2.24, 2.45) is 0 Å². The molecular weight excluding hydrogens is 554 g/mol. The molecule has 0 bridgehead atoms. The largest absolute Gasteiger partial charge is 0.491 e. The topological polar surface area (TPSA) is 83.5 Å². The lowest BCUT2D eigenvalue weighted by atomic mass is 10.1. The highest BCUT2D eigenvalue weighted by Gasteiger charge is 2.20. The standard InChI is InChI=1S/C33H41NO7S/c1-26-6-18-31(19-7-26)42(36)40-25-23-38-21-20-37-22-24-39-30-16-12-28(13-17-30)9-8-27-10-14-29(15-11-27)34(5)32(35)41-33(2,3)4/h6-19H,20-25H2,1-5H3/b9-8+. The van der Waals surface area contributed by atoms with E-state index in [0.717, 1.165) is 28.1 Å². The number of benzene rings is 3. The number of ether oxygens (including phenoxy) is 4. The van der Waals surface area contributed by atoms with Gasteiger partial charge in [0.1, 0.15) is 18.0 Å². The lowest BCUT2D eigenvalue weighted by molar-refractivity contribution is 0.0285. The van der Waals surface area contributed by atoms with Crippen LogP contribution in [0.25, 0.3) is 12.2 Å². The minimum Gasteiger partial charge on any atom is -0.491 e. The fourth-order valence-corrected chi connectivity index (χ4v) is 4.25. The van der Waals surface area contributed by atoms with Gasteiger partial charge in [0.05, 0.1) is 37.9 Å². The van der Waals surface area contributed by atoms with Gasteiger partial charge in [-0.2, -0.15) is 0 Å². The molecule has 0 fully saturated rings. The van der Waals surface area contributed by atoms with E-state index in [-0.39, 0.29) is 12.7 Å². The molecule has 1 amide bonds. The van der Waals surface area contributed by atoms with Gasteiger partial charge in [-0.05, 0) is 75.2 Å². The zero-order valence-electron chi connectivity index (χ0n) is 25.0. The molecule has 0 aliphatic carbocycles. The normalized spacial score (nSPS) is 12.3. The van der Waals surface area contributed by atoms with Crippen molar-refractivity contribution in [1.82, 2.24) is 0 Å². The fraction of sp³-hybridized carbons (Fsp3) is 0.364. The van der Waals surface area contributed by atoms with Crippen LogP contribution >= 0.6 is 0 Å². The smallest absolute Gasteiger partial charge is 0.414 e. The van der Waals surface area contributed by atoms with E-state index in [1.54, 1.807) is 19.2 Å². The molecule has 1 unspecified atom stereocenters. The third-order valence-electron chi connectivity index (χ3n) is 5.80. The minimum atomic E-state index is -1.49. The zero-order valence-corrected chi connectivity index (χ0v) is 25.9. The molecule has 9 heteroatoms. The van der Waals surface area contributed by atoms with Crippen LogP contribution in [0.5, 0.6) is 5.75 Å². The highest BCUT2D eigenvalue weighted by atomic mass is 32.2. The number of rotatable bonds is 15. The molecule has 3 rings (SSSR count). The Morgan fingerprint density at radius 2 is 1.29 bits per heavy atom. The zero-order chi connectivity index (χ0) is 30.4. The van der Waals surface area contributed by atoms with Crippen molar-refractivity contribution in [1.29, 1.82) is 0 Å². The average molecular weight is 596 g/mol. The third-order valence-corrected chi connectivity index (χ3v) is 6.83. The second kappa shape index (κ2) is 16.8. The van der Waals surface area contributed by atoms with E-state index in [1.165, 1.54) is 4.90 Å². The molecule has 1 atom stereocenters. The van der Waals surface area contributed by atoms with E-state index in [2.05, 4.69) is 0 Å². The summed E-state index contributed by atoms with van der Waals surface area (Å²) < 4.78 is 39.5. The first-order valence-corrected chi connectivity index (χ1v) is 14.9. The summed E-state index contributed by atoms with van der Waals surface area (Å²) in [5, 5.41) is 0. The minimum absolute atomic E-state index is 0.245. The maximum Gasteiger partial charge on any atom is 0.414 e. The van der Waals surface area contributed by atoms with Crippen molar-refractivity contribution in [2.45, 2.75) is 38.2 Å². The Morgan fingerprint density at radius 1 is 0.762 bits per heavy atom. The van der Waals surface area contributed by atoms with Crippen molar-refractivity contribution >= 4 is 35.0 Å². The van der Waals surface area contributed by atoms with Gasteiger partial charge in [-0.1, -0.05) is 54.1 Å². The number of hydrogen-bond acceptors (Lipinski definition) is 7. The molecule has 0 saturated carbocycles.